The summed E-state index contributed by atoms with van der Waals surface area (Å²) in [5.41, 5.74) is 0.913. The van der Waals surface area contributed by atoms with Crippen molar-refractivity contribution in [3.8, 4) is 11.8 Å². The quantitative estimate of drug-likeness (QED) is 0.839. The standard InChI is InChI=1S/C14H9ClFNO/c15-12-7-10(8-17)5-6-14(12)18-9-11-3-1-2-4-13(11)16/h1-7H,9H2. The lowest BCUT2D eigenvalue weighted by Crippen LogP contribution is -1.98. The fourth-order valence-corrected chi connectivity index (χ4v) is 1.69. The lowest BCUT2D eigenvalue weighted by atomic mass is 10.2. The average Bonchev–Trinajstić information content (AvgIpc) is 2.39. The maximum atomic E-state index is 13.4. The van der Waals surface area contributed by atoms with E-state index in [1.807, 2.05) is 6.07 Å². The number of halogens is 2. The van der Waals surface area contributed by atoms with E-state index in [1.165, 1.54) is 12.1 Å². The summed E-state index contributed by atoms with van der Waals surface area (Å²) in [5, 5.41) is 9.04. The molecule has 0 unspecified atom stereocenters. The number of rotatable bonds is 3. The van der Waals surface area contributed by atoms with Crippen LogP contribution < -0.4 is 4.74 Å². The highest BCUT2D eigenvalue weighted by molar-refractivity contribution is 6.32. The molecule has 4 heteroatoms. The molecule has 2 aromatic rings. The number of benzene rings is 2. The predicted molar refractivity (Wildman–Crippen MR) is 66.9 cm³/mol. The van der Waals surface area contributed by atoms with Gasteiger partial charge in [-0.15, -0.1) is 0 Å². The molecule has 0 aliphatic rings. The van der Waals surface area contributed by atoms with Crippen LogP contribution in [0.3, 0.4) is 0 Å². The molecule has 0 saturated carbocycles. The second-order valence-electron chi connectivity index (χ2n) is 3.64. The van der Waals surface area contributed by atoms with E-state index in [9.17, 15) is 4.39 Å². The van der Waals surface area contributed by atoms with Crippen molar-refractivity contribution in [2.75, 3.05) is 0 Å². The first-order valence-electron chi connectivity index (χ1n) is 5.26. The van der Waals surface area contributed by atoms with Crippen LogP contribution >= 0.6 is 11.6 Å². The summed E-state index contributed by atoms with van der Waals surface area (Å²) >= 11 is 5.94. The first-order chi connectivity index (χ1) is 8.70. The van der Waals surface area contributed by atoms with E-state index in [0.29, 0.717) is 21.9 Å². The molecule has 0 fully saturated rings. The molecular formula is C14H9ClFNO. The van der Waals surface area contributed by atoms with Gasteiger partial charge in [-0.3, -0.25) is 0 Å². The number of hydrogen-bond donors (Lipinski definition) is 0. The van der Waals surface area contributed by atoms with Crippen molar-refractivity contribution >= 4 is 11.6 Å². The molecule has 0 atom stereocenters. The Morgan fingerprint density at radius 1 is 1.22 bits per heavy atom. The molecule has 0 amide bonds. The van der Waals surface area contributed by atoms with Crippen LogP contribution in [0.15, 0.2) is 42.5 Å². The van der Waals surface area contributed by atoms with Gasteiger partial charge in [-0.2, -0.15) is 5.26 Å². The van der Waals surface area contributed by atoms with Crippen LogP contribution in [-0.2, 0) is 6.61 Å². The number of ether oxygens (including phenoxy) is 1. The molecule has 2 rings (SSSR count). The predicted octanol–water partition coefficient (Wildman–Crippen LogP) is 3.93. The van der Waals surface area contributed by atoms with Crippen LogP contribution in [-0.4, -0.2) is 0 Å². The highest BCUT2D eigenvalue weighted by Crippen LogP contribution is 2.26. The van der Waals surface area contributed by atoms with Crippen LogP contribution in [0.4, 0.5) is 4.39 Å². The van der Waals surface area contributed by atoms with Gasteiger partial charge in [0.05, 0.1) is 16.7 Å². The molecule has 0 aromatic heterocycles. The van der Waals surface area contributed by atoms with E-state index < -0.39 is 0 Å². The van der Waals surface area contributed by atoms with Gasteiger partial charge in [0.1, 0.15) is 18.2 Å². The lowest BCUT2D eigenvalue weighted by Gasteiger charge is -2.08. The van der Waals surface area contributed by atoms with Crippen molar-refractivity contribution in [2.45, 2.75) is 6.61 Å². The van der Waals surface area contributed by atoms with Crippen molar-refractivity contribution in [1.29, 1.82) is 5.26 Å². The third kappa shape index (κ3) is 2.79. The minimum atomic E-state index is -0.317. The highest BCUT2D eigenvalue weighted by atomic mass is 35.5. The fourth-order valence-electron chi connectivity index (χ4n) is 1.46. The molecule has 90 valence electrons. The van der Waals surface area contributed by atoms with E-state index in [4.69, 9.17) is 21.6 Å². The fraction of sp³-hybridized carbons (Fsp3) is 0.0714. The summed E-state index contributed by atoms with van der Waals surface area (Å²) < 4.78 is 18.8. The number of nitrogens with zero attached hydrogens (tertiary/aromatic N) is 1. The Balaban J connectivity index is 2.12. The Bertz CT molecular complexity index is 607. The molecule has 0 aliphatic carbocycles. The van der Waals surface area contributed by atoms with E-state index in [0.717, 1.165) is 0 Å². The van der Waals surface area contributed by atoms with Gasteiger partial charge in [0.15, 0.2) is 0 Å². The molecule has 0 radical (unpaired) electrons. The Morgan fingerprint density at radius 2 is 2.00 bits per heavy atom. The van der Waals surface area contributed by atoms with Gasteiger partial charge in [0, 0.05) is 5.56 Å². The summed E-state index contributed by atoms with van der Waals surface area (Å²) in [6.45, 7) is 0.0955. The Labute approximate surface area is 109 Å². The summed E-state index contributed by atoms with van der Waals surface area (Å²) in [7, 11) is 0. The van der Waals surface area contributed by atoms with E-state index in [2.05, 4.69) is 0 Å². The number of hydrogen-bond acceptors (Lipinski definition) is 2. The first kappa shape index (κ1) is 12.4. The summed E-state index contributed by atoms with van der Waals surface area (Å²) in [6, 6.07) is 13.1. The van der Waals surface area contributed by atoms with Gasteiger partial charge in [0.2, 0.25) is 0 Å². The topological polar surface area (TPSA) is 33.0 Å². The summed E-state index contributed by atoms with van der Waals surface area (Å²) in [4.78, 5) is 0. The van der Waals surface area contributed by atoms with Crippen molar-refractivity contribution in [1.82, 2.24) is 0 Å². The zero-order chi connectivity index (χ0) is 13.0. The smallest absolute Gasteiger partial charge is 0.138 e. The maximum Gasteiger partial charge on any atom is 0.138 e. The second-order valence-corrected chi connectivity index (χ2v) is 4.04. The van der Waals surface area contributed by atoms with Crippen molar-refractivity contribution in [3.63, 3.8) is 0 Å². The molecule has 0 aliphatic heterocycles. The van der Waals surface area contributed by atoms with Crippen LogP contribution in [0.2, 0.25) is 5.02 Å². The Kier molecular flexibility index (Phi) is 3.81. The maximum absolute atomic E-state index is 13.4. The molecule has 18 heavy (non-hydrogen) atoms. The second kappa shape index (κ2) is 5.52. The van der Waals surface area contributed by atoms with Gasteiger partial charge in [-0.25, -0.2) is 4.39 Å². The van der Waals surface area contributed by atoms with Crippen LogP contribution in [0, 0.1) is 17.1 Å². The molecular weight excluding hydrogens is 253 g/mol. The molecule has 0 saturated heterocycles. The molecule has 0 spiro atoms. The van der Waals surface area contributed by atoms with Crippen LogP contribution in [0.5, 0.6) is 5.75 Å². The molecule has 2 aromatic carbocycles. The minimum absolute atomic E-state index is 0.0955. The Morgan fingerprint density at radius 3 is 2.67 bits per heavy atom. The minimum Gasteiger partial charge on any atom is -0.487 e. The zero-order valence-corrected chi connectivity index (χ0v) is 10.1. The van der Waals surface area contributed by atoms with Crippen molar-refractivity contribution < 1.29 is 9.13 Å². The van der Waals surface area contributed by atoms with E-state index in [1.54, 1.807) is 30.3 Å². The summed E-state index contributed by atoms with van der Waals surface area (Å²) in [6.07, 6.45) is 0. The SMILES string of the molecule is N#Cc1ccc(OCc2ccccc2F)c(Cl)c1. The van der Waals surface area contributed by atoms with Gasteiger partial charge in [-0.1, -0.05) is 29.8 Å². The van der Waals surface area contributed by atoms with Crippen LogP contribution in [0.25, 0.3) is 0 Å². The van der Waals surface area contributed by atoms with Crippen molar-refractivity contribution in [3.05, 3.63) is 64.4 Å². The van der Waals surface area contributed by atoms with E-state index >= 15 is 0 Å². The largest absolute Gasteiger partial charge is 0.487 e. The molecule has 0 N–H and O–H groups in total. The third-order valence-corrected chi connectivity index (χ3v) is 2.70. The molecule has 0 bridgehead atoms. The zero-order valence-electron chi connectivity index (χ0n) is 9.36. The highest BCUT2D eigenvalue weighted by Gasteiger charge is 2.05. The van der Waals surface area contributed by atoms with Crippen LogP contribution in [0.1, 0.15) is 11.1 Å². The van der Waals surface area contributed by atoms with Gasteiger partial charge in [-0.05, 0) is 24.3 Å². The monoisotopic (exact) mass is 261 g/mol. The molecule has 0 heterocycles. The average molecular weight is 262 g/mol. The summed E-state index contributed by atoms with van der Waals surface area (Å²) in [5.74, 6) is 0.112. The van der Waals surface area contributed by atoms with Crippen molar-refractivity contribution in [2.24, 2.45) is 0 Å². The van der Waals surface area contributed by atoms with Gasteiger partial charge < -0.3 is 4.74 Å². The van der Waals surface area contributed by atoms with Gasteiger partial charge >= 0.3 is 0 Å². The van der Waals surface area contributed by atoms with E-state index in [-0.39, 0.29) is 12.4 Å². The third-order valence-electron chi connectivity index (χ3n) is 2.40. The first-order valence-corrected chi connectivity index (χ1v) is 5.64. The lowest BCUT2D eigenvalue weighted by molar-refractivity contribution is 0.300. The molecule has 2 nitrogen and oxygen atoms in total. The van der Waals surface area contributed by atoms with Gasteiger partial charge in [0.25, 0.3) is 0 Å². The Hall–Kier alpha value is -2.05. The normalized spacial score (nSPS) is 9.83. The number of nitriles is 1.